The Labute approximate surface area is 124 Å². The summed E-state index contributed by atoms with van der Waals surface area (Å²) in [5.41, 5.74) is 2.97. The Morgan fingerprint density at radius 3 is 2.71 bits per heavy atom. The molecule has 2 heterocycles. The normalized spacial score (nSPS) is 11.3. The van der Waals surface area contributed by atoms with E-state index >= 15 is 0 Å². The molecule has 0 atom stereocenters. The number of para-hydroxylation sites is 1. The van der Waals surface area contributed by atoms with Crippen molar-refractivity contribution in [2.24, 2.45) is 0 Å². The number of halogens is 1. The van der Waals surface area contributed by atoms with Crippen LogP contribution in [0.4, 0.5) is 0 Å². The molecule has 21 heavy (non-hydrogen) atoms. The molecule has 1 N–H and O–H groups in total. The van der Waals surface area contributed by atoms with Gasteiger partial charge in [0.25, 0.3) is 0 Å². The molecule has 0 aliphatic carbocycles. The molecule has 2 aromatic heterocycles. The Morgan fingerprint density at radius 2 is 1.81 bits per heavy atom. The molecule has 3 nitrogen and oxygen atoms in total. The van der Waals surface area contributed by atoms with Gasteiger partial charge in [-0.25, -0.2) is 4.79 Å². The molecular formula is C17H10ClNO2. The summed E-state index contributed by atoms with van der Waals surface area (Å²) in [4.78, 5) is 15.0. The first-order chi connectivity index (χ1) is 10.2. The average molecular weight is 296 g/mol. The predicted octanol–water partition coefficient (Wildman–Crippen LogP) is 4.59. The van der Waals surface area contributed by atoms with Gasteiger partial charge in [-0.3, -0.25) is 0 Å². The Hall–Kier alpha value is -2.52. The lowest BCUT2D eigenvalue weighted by Crippen LogP contribution is -1.97. The maximum atomic E-state index is 11.8. The van der Waals surface area contributed by atoms with Gasteiger partial charge in [-0.05, 0) is 24.3 Å². The van der Waals surface area contributed by atoms with E-state index in [-0.39, 0.29) is 5.63 Å². The van der Waals surface area contributed by atoms with Gasteiger partial charge < -0.3 is 9.40 Å². The van der Waals surface area contributed by atoms with Gasteiger partial charge in [-0.2, -0.15) is 0 Å². The highest BCUT2D eigenvalue weighted by atomic mass is 35.5. The minimum absolute atomic E-state index is 0.370. The van der Waals surface area contributed by atoms with E-state index in [0.29, 0.717) is 10.6 Å². The molecule has 0 unspecified atom stereocenters. The SMILES string of the molecule is O=c1cc(-c2c[nH]c3ccccc23)c2cc(Cl)ccc2o1. The van der Waals surface area contributed by atoms with Crippen LogP contribution in [0.5, 0.6) is 0 Å². The van der Waals surface area contributed by atoms with E-state index in [2.05, 4.69) is 4.98 Å². The van der Waals surface area contributed by atoms with E-state index in [1.165, 1.54) is 6.07 Å². The van der Waals surface area contributed by atoms with Crippen LogP contribution in [0.2, 0.25) is 5.02 Å². The van der Waals surface area contributed by atoms with Crippen LogP contribution in [0.3, 0.4) is 0 Å². The Morgan fingerprint density at radius 1 is 0.952 bits per heavy atom. The van der Waals surface area contributed by atoms with Crippen molar-refractivity contribution in [2.45, 2.75) is 0 Å². The van der Waals surface area contributed by atoms with Crippen molar-refractivity contribution in [1.29, 1.82) is 0 Å². The van der Waals surface area contributed by atoms with Crippen LogP contribution in [-0.2, 0) is 0 Å². The second kappa shape index (κ2) is 4.50. The summed E-state index contributed by atoms with van der Waals surface area (Å²) >= 11 is 6.08. The Balaban J connectivity index is 2.14. The molecule has 2 aromatic carbocycles. The fourth-order valence-corrected chi connectivity index (χ4v) is 2.82. The summed E-state index contributed by atoms with van der Waals surface area (Å²) in [5, 5.41) is 2.49. The van der Waals surface area contributed by atoms with E-state index in [4.69, 9.17) is 16.0 Å². The number of nitrogens with one attached hydrogen (secondary N) is 1. The van der Waals surface area contributed by atoms with E-state index in [1.807, 2.05) is 36.5 Å². The number of benzene rings is 2. The number of aromatic nitrogens is 1. The zero-order chi connectivity index (χ0) is 14.4. The van der Waals surface area contributed by atoms with E-state index in [9.17, 15) is 4.79 Å². The number of hydrogen-bond donors (Lipinski definition) is 1. The molecule has 102 valence electrons. The van der Waals surface area contributed by atoms with Crippen LogP contribution < -0.4 is 5.63 Å². The maximum Gasteiger partial charge on any atom is 0.336 e. The molecule has 0 aliphatic heterocycles. The lowest BCUT2D eigenvalue weighted by atomic mass is 10.0. The minimum atomic E-state index is -0.370. The molecule has 4 heteroatoms. The molecule has 0 saturated heterocycles. The van der Waals surface area contributed by atoms with Gasteiger partial charge in [0, 0.05) is 44.7 Å². The van der Waals surface area contributed by atoms with Gasteiger partial charge in [-0.1, -0.05) is 29.8 Å². The van der Waals surface area contributed by atoms with Crippen molar-refractivity contribution in [2.75, 3.05) is 0 Å². The summed E-state index contributed by atoms with van der Waals surface area (Å²) in [6.45, 7) is 0. The Bertz CT molecular complexity index is 1030. The number of H-pyrrole nitrogens is 1. The second-order valence-electron chi connectivity index (χ2n) is 4.87. The molecule has 0 spiro atoms. The summed E-state index contributed by atoms with van der Waals surface area (Å²) in [5.74, 6) is 0. The predicted molar refractivity (Wildman–Crippen MR) is 84.8 cm³/mol. The van der Waals surface area contributed by atoms with Crippen molar-refractivity contribution in [1.82, 2.24) is 4.98 Å². The third-order valence-electron chi connectivity index (χ3n) is 3.58. The molecule has 0 fully saturated rings. The van der Waals surface area contributed by atoms with Crippen molar-refractivity contribution in [3.8, 4) is 11.1 Å². The van der Waals surface area contributed by atoms with Gasteiger partial charge in [0.1, 0.15) is 5.58 Å². The van der Waals surface area contributed by atoms with Gasteiger partial charge in [-0.15, -0.1) is 0 Å². The van der Waals surface area contributed by atoms with Gasteiger partial charge in [0.05, 0.1) is 0 Å². The smallest absolute Gasteiger partial charge is 0.336 e. The quantitative estimate of drug-likeness (QED) is 0.522. The van der Waals surface area contributed by atoms with Crippen LogP contribution in [0, 0.1) is 0 Å². The zero-order valence-corrected chi connectivity index (χ0v) is 11.6. The molecule has 0 amide bonds. The fourth-order valence-electron chi connectivity index (χ4n) is 2.65. The van der Waals surface area contributed by atoms with Crippen molar-refractivity contribution >= 4 is 33.5 Å². The monoisotopic (exact) mass is 295 g/mol. The van der Waals surface area contributed by atoms with E-state index in [1.54, 1.807) is 12.1 Å². The first-order valence-electron chi connectivity index (χ1n) is 6.52. The second-order valence-corrected chi connectivity index (χ2v) is 5.30. The fraction of sp³-hybridized carbons (Fsp3) is 0. The van der Waals surface area contributed by atoms with Gasteiger partial charge in [0.15, 0.2) is 0 Å². The van der Waals surface area contributed by atoms with E-state index in [0.717, 1.165) is 27.4 Å². The molecule has 0 saturated carbocycles. The highest BCUT2D eigenvalue weighted by Gasteiger charge is 2.12. The highest BCUT2D eigenvalue weighted by molar-refractivity contribution is 6.31. The van der Waals surface area contributed by atoms with Crippen molar-refractivity contribution in [3.05, 3.63) is 70.2 Å². The summed E-state index contributed by atoms with van der Waals surface area (Å²) in [7, 11) is 0. The molecule has 0 radical (unpaired) electrons. The molecule has 4 rings (SSSR count). The lowest BCUT2D eigenvalue weighted by Gasteiger charge is -2.05. The molecule has 4 aromatic rings. The molecular weight excluding hydrogens is 286 g/mol. The molecule has 0 bridgehead atoms. The first kappa shape index (κ1) is 12.2. The van der Waals surface area contributed by atoms with Crippen LogP contribution in [0.15, 0.2) is 63.9 Å². The highest BCUT2D eigenvalue weighted by Crippen LogP contribution is 2.33. The summed E-state index contributed by atoms with van der Waals surface area (Å²) < 4.78 is 5.24. The number of aromatic amines is 1. The van der Waals surface area contributed by atoms with Crippen molar-refractivity contribution in [3.63, 3.8) is 0 Å². The van der Waals surface area contributed by atoms with Crippen LogP contribution in [0.25, 0.3) is 33.0 Å². The first-order valence-corrected chi connectivity index (χ1v) is 6.90. The topological polar surface area (TPSA) is 46.0 Å². The average Bonchev–Trinajstić information content (AvgIpc) is 2.91. The summed E-state index contributed by atoms with van der Waals surface area (Å²) in [6, 6.07) is 14.7. The molecule has 0 aliphatic rings. The number of fused-ring (bicyclic) bond motifs is 2. The Kier molecular flexibility index (Phi) is 2.62. The third kappa shape index (κ3) is 1.94. The largest absolute Gasteiger partial charge is 0.423 e. The van der Waals surface area contributed by atoms with Crippen LogP contribution >= 0.6 is 11.6 Å². The number of rotatable bonds is 1. The van der Waals surface area contributed by atoms with Crippen LogP contribution in [0.1, 0.15) is 0 Å². The van der Waals surface area contributed by atoms with Crippen molar-refractivity contribution < 1.29 is 4.42 Å². The standard InChI is InChI=1S/C17H10ClNO2/c18-10-5-6-16-13(7-10)12(8-17(20)21-16)14-9-19-15-4-2-1-3-11(14)15/h1-9,19H. The third-order valence-corrected chi connectivity index (χ3v) is 3.82. The minimum Gasteiger partial charge on any atom is -0.423 e. The van der Waals surface area contributed by atoms with Gasteiger partial charge >= 0.3 is 5.63 Å². The van der Waals surface area contributed by atoms with Crippen LogP contribution in [-0.4, -0.2) is 4.98 Å². The number of hydrogen-bond acceptors (Lipinski definition) is 2. The lowest BCUT2D eigenvalue weighted by molar-refractivity contribution is 0.561. The zero-order valence-electron chi connectivity index (χ0n) is 10.9. The van der Waals surface area contributed by atoms with Gasteiger partial charge in [0.2, 0.25) is 0 Å². The maximum absolute atomic E-state index is 11.8. The summed E-state index contributed by atoms with van der Waals surface area (Å²) in [6.07, 6.45) is 1.90. The van der Waals surface area contributed by atoms with E-state index < -0.39 is 0 Å².